The average molecular weight is 549 g/mol. The molecular formula is C30H52O5Si2+2. The van der Waals surface area contributed by atoms with Gasteiger partial charge in [-0.25, -0.2) is 4.79 Å². The van der Waals surface area contributed by atoms with Gasteiger partial charge in [0.2, 0.25) is 5.22 Å². The van der Waals surface area contributed by atoms with Crippen LogP contribution in [-0.2, 0) is 13.9 Å². The summed E-state index contributed by atoms with van der Waals surface area (Å²) in [6, 6.07) is 7.78. The summed E-state index contributed by atoms with van der Waals surface area (Å²) in [4.78, 5) is 24.8. The molecule has 1 rings (SSSR count). The fraction of sp³-hybridized carbons (Fsp3) is 0.733. The number of carbonyl (C=O) groups is 2. The summed E-state index contributed by atoms with van der Waals surface area (Å²) < 4.78 is 18.2. The molecule has 208 valence electrons. The highest BCUT2D eigenvalue weighted by molar-refractivity contribution is 6.62. The van der Waals surface area contributed by atoms with Gasteiger partial charge in [-0.05, 0) is 73.4 Å². The van der Waals surface area contributed by atoms with Gasteiger partial charge in [-0.15, -0.1) is 0 Å². The largest absolute Gasteiger partial charge is 0.481 e. The monoisotopic (exact) mass is 548 g/mol. The predicted octanol–water partition coefficient (Wildman–Crippen LogP) is 7.92. The minimum Gasteiger partial charge on any atom is -0.462 e. The molecule has 0 radical (unpaired) electrons. The SMILES string of the molecule is C[Si+](OC(C)(C)[Si+](C)CCCOC(=O)c1ccc(C(=O)C(C)(C)C)cc1)C(C)(C)CCCOC(C)(C)C. The first-order valence-corrected chi connectivity index (χ1v) is 17.7. The molecule has 0 saturated carbocycles. The topological polar surface area (TPSA) is 61.8 Å². The second-order valence-corrected chi connectivity index (χ2v) is 19.2. The number of hydrogen-bond donors (Lipinski definition) is 0. The lowest BCUT2D eigenvalue weighted by Crippen LogP contribution is -2.47. The summed E-state index contributed by atoms with van der Waals surface area (Å²) >= 11 is 0. The summed E-state index contributed by atoms with van der Waals surface area (Å²) in [5.41, 5.74) is 0.551. The molecule has 0 spiro atoms. The van der Waals surface area contributed by atoms with Crippen LogP contribution in [0.25, 0.3) is 0 Å². The fourth-order valence-corrected chi connectivity index (χ4v) is 7.76. The van der Waals surface area contributed by atoms with E-state index in [-0.39, 0.29) is 27.6 Å². The van der Waals surface area contributed by atoms with Gasteiger partial charge in [-0.2, -0.15) is 4.43 Å². The Hall–Kier alpha value is -1.29. The molecule has 37 heavy (non-hydrogen) atoms. The van der Waals surface area contributed by atoms with Gasteiger partial charge in [-0.1, -0.05) is 32.9 Å². The Morgan fingerprint density at radius 2 is 1.32 bits per heavy atom. The van der Waals surface area contributed by atoms with Crippen LogP contribution in [0.4, 0.5) is 0 Å². The van der Waals surface area contributed by atoms with Crippen LogP contribution >= 0.6 is 0 Å². The van der Waals surface area contributed by atoms with E-state index in [0.29, 0.717) is 17.7 Å². The summed E-state index contributed by atoms with van der Waals surface area (Å²) in [6.07, 6.45) is 2.96. The van der Waals surface area contributed by atoms with Crippen molar-refractivity contribution >= 4 is 29.6 Å². The molecule has 0 fully saturated rings. The van der Waals surface area contributed by atoms with Crippen LogP contribution in [0.3, 0.4) is 0 Å². The fourth-order valence-electron chi connectivity index (χ4n) is 3.75. The molecule has 0 aliphatic heterocycles. The highest BCUT2D eigenvalue weighted by Crippen LogP contribution is 2.37. The van der Waals surface area contributed by atoms with Crippen LogP contribution < -0.4 is 0 Å². The van der Waals surface area contributed by atoms with E-state index < -0.39 is 23.3 Å². The summed E-state index contributed by atoms with van der Waals surface area (Å²) in [5, 5.41) is 0.0141. The van der Waals surface area contributed by atoms with Crippen LogP contribution in [0, 0.1) is 5.41 Å². The molecule has 0 aromatic heterocycles. The van der Waals surface area contributed by atoms with Crippen molar-refractivity contribution in [3.8, 4) is 0 Å². The van der Waals surface area contributed by atoms with Gasteiger partial charge in [0.15, 0.2) is 5.78 Å². The number of esters is 1. The molecule has 0 unspecified atom stereocenters. The van der Waals surface area contributed by atoms with E-state index in [0.717, 1.165) is 31.9 Å². The first kappa shape index (κ1) is 33.7. The molecule has 5 nitrogen and oxygen atoms in total. The van der Waals surface area contributed by atoms with E-state index in [1.54, 1.807) is 24.3 Å². The van der Waals surface area contributed by atoms with Crippen LogP contribution in [-0.4, -0.2) is 53.6 Å². The smallest absolute Gasteiger partial charge is 0.462 e. The summed E-state index contributed by atoms with van der Waals surface area (Å²) in [5.74, 6) is -0.282. The standard InChI is InChI=1S/C30H52O5Si2/c1-27(2,3)25(31)23-15-17-24(18-16-23)26(32)33-20-14-22-36(11)30(9,10)35-37(12)29(7,8)19-13-21-34-28(4,5)6/h15-18H,13-14,19-22H2,1-12H3/q+2. The highest BCUT2D eigenvalue weighted by Gasteiger charge is 2.53. The zero-order valence-electron chi connectivity index (χ0n) is 25.6. The predicted molar refractivity (Wildman–Crippen MR) is 157 cm³/mol. The van der Waals surface area contributed by atoms with Gasteiger partial charge < -0.3 is 9.47 Å². The van der Waals surface area contributed by atoms with E-state index >= 15 is 0 Å². The van der Waals surface area contributed by atoms with E-state index in [9.17, 15) is 9.59 Å². The molecule has 0 heterocycles. The van der Waals surface area contributed by atoms with Crippen molar-refractivity contribution in [2.45, 2.75) is 124 Å². The molecule has 1 aromatic carbocycles. The molecule has 0 aliphatic rings. The average Bonchev–Trinajstić information content (AvgIpc) is 2.77. The normalized spacial score (nSPS) is 12.9. The van der Waals surface area contributed by atoms with Gasteiger partial charge in [0.25, 0.3) is 0 Å². The summed E-state index contributed by atoms with van der Waals surface area (Å²) in [6.45, 7) is 26.8. The number of Topliss-reactive ketones (excluding diaryl/α,β-unsaturated/α-hetero) is 1. The lowest BCUT2D eigenvalue weighted by Gasteiger charge is -2.25. The van der Waals surface area contributed by atoms with Crippen LogP contribution in [0.1, 0.15) is 109 Å². The lowest BCUT2D eigenvalue weighted by molar-refractivity contribution is -0.00560. The maximum atomic E-state index is 12.5. The minimum absolute atomic E-state index is 0.0596. The Morgan fingerprint density at radius 1 is 0.784 bits per heavy atom. The molecule has 0 N–H and O–H groups in total. The van der Waals surface area contributed by atoms with Gasteiger partial charge in [0.05, 0.1) is 36.9 Å². The van der Waals surface area contributed by atoms with E-state index in [4.69, 9.17) is 13.9 Å². The van der Waals surface area contributed by atoms with Crippen molar-refractivity contribution < 1.29 is 23.5 Å². The van der Waals surface area contributed by atoms with Crippen molar-refractivity contribution in [3.63, 3.8) is 0 Å². The molecule has 0 atom stereocenters. The second-order valence-electron chi connectivity index (χ2n) is 13.3. The minimum atomic E-state index is -1.02. The van der Waals surface area contributed by atoms with E-state index in [1.165, 1.54) is 0 Å². The van der Waals surface area contributed by atoms with Gasteiger partial charge in [-0.3, -0.25) is 4.79 Å². The molecule has 0 aliphatic carbocycles. The zero-order chi connectivity index (χ0) is 28.7. The first-order chi connectivity index (χ1) is 16.8. The summed E-state index contributed by atoms with van der Waals surface area (Å²) in [7, 11) is -1.83. The van der Waals surface area contributed by atoms with E-state index in [2.05, 4.69) is 61.6 Å². The number of hydrogen-bond acceptors (Lipinski definition) is 5. The number of benzene rings is 1. The maximum Gasteiger partial charge on any atom is 0.481 e. The zero-order valence-corrected chi connectivity index (χ0v) is 27.6. The van der Waals surface area contributed by atoms with Crippen molar-refractivity contribution in [1.82, 2.24) is 0 Å². The Bertz CT molecular complexity index is 863. The molecule has 0 amide bonds. The number of ether oxygens (including phenoxy) is 2. The van der Waals surface area contributed by atoms with E-state index in [1.807, 2.05) is 20.8 Å². The van der Waals surface area contributed by atoms with Crippen molar-refractivity contribution in [2.75, 3.05) is 13.2 Å². The van der Waals surface area contributed by atoms with Gasteiger partial charge >= 0.3 is 23.8 Å². The third kappa shape index (κ3) is 12.0. The molecule has 0 bridgehead atoms. The van der Waals surface area contributed by atoms with Gasteiger partial charge in [0.1, 0.15) is 5.04 Å². The van der Waals surface area contributed by atoms with Crippen LogP contribution in [0.5, 0.6) is 0 Å². The maximum absolute atomic E-state index is 12.5. The molecule has 1 aromatic rings. The Kier molecular flexibility index (Phi) is 12.5. The Labute approximate surface area is 230 Å². The van der Waals surface area contributed by atoms with Crippen molar-refractivity contribution in [3.05, 3.63) is 35.4 Å². The first-order valence-electron chi connectivity index (χ1n) is 13.6. The lowest BCUT2D eigenvalue weighted by atomic mass is 9.86. The molecular weight excluding hydrogens is 496 g/mol. The van der Waals surface area contributed by atoms with Crippen molar-refractivity contribution in [1.29, 1.82) is 0 Å². The number of rotatable bonds is 14. The van der Waals surface area contributed by atoms with Crippen molar-refractivity contribution in [2.24, 2.45) is 5.41 Å². The Balaban J connectivity index is 2.48. The third-order valence-corrected chi connectivity index (χ3v) is 13.3. The number of carbonyl (C=O) groups excluding carboxylic acids is 2. The number of ketones is 1. The third-order valence-electron chi connectivity index (χ3n) is 6.86. The van der Waals surface area contributed by atoms with Crippen LogP contribution in [0.2, 0.25) is 24.2 Å². The second kappa shape index (κ2) is 13.7. The molecule has 7 heteroatoms. The quantitative estimate of drug-likeness (QED) is 0.102. The molecule has 0 saturated heterocycles. The Morgan fingerprint density at radius 3 is 1.84 bits per heavy atom. The highest BCUT2D eigenvalue weighted by atomic mass is 28.3. The van der Waals surface area contributed by atoms with Gasteiger partial charge in [0, 0.05) is 24.0 Å². The van der Waals surface area contributed by atoms with Crippen LogP contribution in [0.15, 0.2) is 24.3 Å².